The van der Waals surface area contributed by atoms with Crippen LogP contribution >= 0.6 is 0 Å². The lowest BCUT2D eigenvalue weighted by Crippen LogP contribution is -2.50. The third-order valence-electron chi connectivity index (χ3n) is 5.71. The Balaban J connectivity index is 2.16. The van der Waals surface area contributed by atoms with E-state index in [0.29, 0.717) is 6.61 Å². The fraction of sp³-hybridized carbons (Fsp3) is 0.941. The molecule has 2 atom stereocenters. The first kappa shape index (κ1) is 16.8. The Hall–Kier alpha value is -0.610. The largest absolute Gasteiger partial charge is 0.481 e. The molecule has 0 amide bonds. The highest BCUT2D eigenvalue weighted by atomic mass is 16.5. The second-order valence-corrected chi connectivity index (χ2v) is 6.75. The van der Waals surface area contributed by atoms with Crippen LogP contribution in [0.2, 0.25) is 0 Å². The molecule has 2 saturated heterocycles. The minimum absolute atomic E-state index is 0.122. The number of ether oxygens (including phenoxy) is 2. The van der Waals surface area contributed by atoms with E-state index in [1.54, 1.807) is 0 Å². The van der Waals surface area contributed by atoms with Crippen LogP contribution < -0.4 is 0 Å². The Morgan fingerprint density at radius 2 is 2.00 bits per heavy atom. The minimum atomic E-state index is -0.604. The zero-order chi connectivity index (χ0) is 15.3. The zero-order valence-corrected chi connectivity index (χ0v) is 13.5. The molecule has 2 aliphatic heterocycles. The van der Waals surface area contributed by atoms with Gasteiger partial charge in [0, 0.05) is 19.8 Å². The zero-order valence-electron chi connectivity index (χ0n) is 13.5. The number of unbranched alkanes of at least 4 members (excludes halogenated alkanes) is 1. The van der Waals surface area contributed by atoms with Gasteiger partial charge in [-0.3, -0.25) is 4.79 Å². The summed E-state index contributed by atoms with van der Waals surface area (Å²) in [5, 5.41) is 9.92. The molecule has 4 nitrogen and oxygen atoms in total. The molecule has 0 radical (unpaired) electrons. The summed E-state index contributed by atoms with van der Waals surface area (Å²) in [5.41, 5.74) is -0.686. The van der Waals surface area contributed by atoms with Crippen LogP contribution in [0.3, 0.4) is 0 Å². The Morgan fingerprint density at radius 1 is 1.29 bits per heavy atom. The highest BCUT2D eigenvalue weighted by Crippen LogP contribution is 2.48. The molecule has 0 aromatic carbocycles. The van der Waals surface area contributed by atoms with Gasteiger partial charge >= 0.3 is 5.97 Å². The summed E-state index contributed by atoms with van der Waals surface area (Å²) in [7, 11) is 0. The summed E-state index contributed by atoms with van der Waals surface area (Å²) >= 11 is 0. The number of hydrogen-bond acceptors (Lipinski definition) is 3. The predicted octanol–water partition coefficient (Wildman–Crippen LogP) is 3.63. The maximum absolute atomic E-state index is 12.1. The number of aliphatic carboxylic acids is 1. The SMILES string of the molecule is CCCCC(CC)(C(=O)O)C1CCOC2(CCOCC2)C1. The second-order valence-electron chi connectivity index (χ2n) is 6.75. The summed E-state index contributed by atoms with van der Waals surface area (Å²) in [6.07, 6.45) is 7.16. The molecule has 2 aliphatic rings. The van der Waals surface area contributed by atoms with Crippen LogP contribution in [-0.2, 0) is 14.3 Å². The molecule has 0 aliphatic carbocycles. The third-order valence-corrected chi connectivity index (χ3v) is 5.71. The van der Waals surface area contributed by atoms with Gasteiger partial charge in [-0.05, 0) is 44.4 Å². The second kappa shape index (κ2) is 7.10. The summed E-state index contributed by atoms with van der Waals surface area (Å²) in [5.74, 6) is -0.369. The number of rotatable bonds is 6. The standard InChI is InChI=1S/C17H30O4/c1-3-5-7-17(4-2,15(18)19)14-6-10-21-16(13-14)8-11-20-12-9-16/h14H,3-13H2,1-2H3,(H,18,19). The lowest BCUT2D eigenvalue weighted by atomic mass is 9.63. The number of carbonyl (C=O) groups is 1. The van der Waals surface area contributed by atoms with Gasteiger partial charge in [0.15, 0.2) is 0 Å². The van der Waals surface area contributed by atoms with Crippen molar-refractivity contribution in [1.82, 2.24) is 0 Å². The van der Waals surface area contributed by atoms with Crippen LogP contribution in [0.15, 0.2) is 0 Å². The van der Waals surface area contributed by atoms with Crippen molar-refractivity contribution in [3.63, 3.8) is 0 Å². The molecule has 1 spiro atoms. The van der Waals surface area contributed by atoms with Crippen molar-refractivity contribution in [3.8, 4) is 0 Å². The molecule has 0 aromatic rings. The molecule has 2 unspecified atom stereocenters. The average Bonchev–Trinajstić information content (AvgIpc) is 2.49. The molecule has 4 heteroatoms. The van der Waals surface area contributed by atoms with Crippen LogP contribution in [0.5, 0.6) is 0 Å². The van der Waals surface area contributed by atoms with Crippen molar-refractivity contribution in [2.24, 2.45) is 11.3 Å². The highest BCUT2D eigenvalue weighted by molar-refractivity contribution is 5.75. The van der Waals surface area contributed by atoms with Gasteiger partial charge in [-0.25, -0.2) is 0 Å². The van der Waals surface area contributed by atoms with Gasteiger partial charge < -0.3 is 14.6 Å². The number of carboxylic acids is 1. The van der Waals surface area contributed by atoms with Gasteiger partial charge in [0.25, 0.3) is 0 Å². The van der Waals surface area contributed by atoms with E-state index >= 15 is 0 Å². The first-order chi connectivity index (χ1) is 10.1. The number of hydrogen-bond donors (Lipinski definition) is 1. The number of carboxylic acid groups (broad SMARTS) is 1. The van der Waals surface area contributed by atoms with E-state index in [-0.39, 0.29) is 11.5 Å². The first-order valence-corrected chi connectivity index (χ1v) is 8.54. The van der Waals surface area contributed by atoms with Crippen LogP contribution in [0.25, 0.3) is 0 Å². The van der Waals surface area contributed by atoms with Crippen molar-refractivity contribution in [1.29, 1.82) is 0 Å². The quantitative estimate of drug-likeness (QED) is 0.813. The Kier molecular flexibility index (Phi) is 5.67. The van der Waals surface area contributed by atoms with Crippen molar-refractivity contribution < 1.29 is 19.4 Å². The summed E-state index contributed by atoms with van der Waals surface area (Å²) in [4.78, 5) is 12.1. The van der Waals surface area contributed by atoms with Crippen LogP contribution in [-0.4, -0.2) is 36.5 Å². The van der Waals surface area contributed by atoms with Gasteiger partial charge in [0.1, 0.15) is 0 Å². The molecule has 0 saturated carbocycles. The maximum atomic E-state index is 12.1. The highest BCUT2D eigenvalue weighted by Gasteiger charge is 2.49. The molecular weight excluding hydrogens is 268 g/mol. The monoisotopic (exact) mass is 298 g/mol. The molecule has 2 rings (SSSR count). The van der Waals surface area contributed by atoms with Gasteiger partial charge in [-0.1, -0.05) is 26.7 Å². The molecular formula is C17H30O4. The summed E-state index contributed by atoms with van der Waals surface area (Å²) in [6, 6.07) is 0. The summed E-state index contributed by atoms with van der Waals surface area (Å²) < 4.78 is 11.5. The van der Waals surface area contributed by atoms with Crippen LogP contribution in [0.4, 0.5) is 0 Å². The van der Waals surface area contributed by atoms with E-state index in [9.17, 15) is 9.90 Å². The lowest BCUT2D eigenvalue weighted by molar-refractivity contribution is -0.178. The average molecular weight is 298 g/mol. The van der Waals surface area contributed by atoms with Gasteiger partial charge in [0.05, 0.1) is 11.0 Å². The van der Waals surface area contributed by atoms with Gasteiger partial charge in [-0.15, -0.1) is 0 Å². The topological polar surface area (TPSA) is 55.8 Å². The molecule has 2 fully saturated rings. The fourth-order valence-electron chi connectivity index (χ4n) is 4.19. The van der Waals surface area contributed by atoms with Crippen LogP contribution in [0.1, 0.15) is 65.2 Å². The van der Waals surface area contributed by atoms with Gasteiger partial charge in [0.2, 0.25) is 0 Å². The third kappa shape index (κ3) is 3.42. The van der Waals surface area contributed by atoms with Gasteiger partial charge in [-0.2, -0.15) is 0 Å². The van der Waals surface area contributed by atoms with Crippen molar-refractivity contribution >= 4 is 5.97 Å². The molecule has 2 heterocycles. The Bertz CT molecular complexity index is 343. The smallest absolute Gasteiger partial charge is 0.309 e. The van der Waals surface area contributed by atoms with E-state index in [1.165, 1.54) is 0 Å². The van der Waals surface area contributed by atoms with Crippen molar-refractivity contribution in [2.75, 3.05) is 19.8 Å². The molecule has 0 bridgehead atoms. The first-order valence-electron chi connectivity index (χ1n) is 8.54. The van der Waals surface area contributed by atoms with E-state index in [4.69, 9.17) is 9.47 Å². The maximum Gasteiger partial charge on any atom is 0.309 e. The lowest BCUT2D eigenvalue weighted by Gasteiger charge is -2.48. The van der Waals surface area contributed by atoms with Crippen molar-refractivity contribution in [3.05, 3.63) is 0 Å². The predicted molar refractivity (Wildman–Crippen MR) is 81.3 cm³/mol. The van der Waals surface area contributed by atoms with E-state index in [1.807, 2.05) is 6.92 Å². The normalized spacial score (nSPS) is 28.2. The van der Waals surface area contributed by atoms with Crippen molar-refractivity contribution in [2.45, 2.75) is 70.8 Å². The minimum Gasteiger partial charge on any atom is -0.481 e. The summed E-state index contributed by atoms with van der Waals surface area (Å²) in [6.45, 7) is 6.36. The van der Waals surface area contributed by atoms with Crippen LogP contribution in [0, 0.1) is 11.3 Å². The molecule has 1 N–H and O–H groups in total. The van der Waals surface area contributed by atoms with E-state index in [0.717, 1.165) is 64.6 Å². The van der Waals surface area contributed by atoms with E-state index < -0.39 is 11.4 Å². The molecule has 21 heavy (non-hydrogen) atoms. The Labute approximate surface area is 128 Å². The Morgan fingerprint density at radius 3 is 2.57 bits per heavy atom. The molecule has 0 aromatic heterocycles. The van der Waals surface area contributed by atoms with E-state index in [2.05, 4.69) is 6.92 Å². The molecule has 122 valence electrons. The fourth-order valence-corrected chi connectivity index (χ4v) is 4.19.